The van der Waals surface area contributed by atoms with E-state index in [0.717, 1.165) is 25.7 Å². The molecule has 0 atom stereocenters. The third-order valence-corrected chi connectivity index (χ3v) is 3.36. The van der Waals surface area contributed by atoms with Crippen LogP contribution in [0.3, 0.4) is 0 Å². The minimum atomic E-state index is -0.748. The summed E-state index contributed by atoms with van der Waals surface area (Å²) >= 11 is 0. The zero-order chi connectivity index (χ0) is 12.5. The first kappa shape index (κ1) is 14.9. The Balaban J connectivity index is 0.00000162. The van der Waals surface area contributed by atoms with Crippen LogP contribution in [0.4, 0.5) is 10.1 Å². The highest BCUT2D eigenvalue weighted by Gasteiger charge is 2.36. The Kier molecular flexibility index (Phi) is 4.71. The fourth-order valence-electron chi connectivity index (χ4n) is 2.21. The summed E-state index contributed by atoms with van der Waals surface area (Å²) < 4.78 is 13.1. The Morgan fingerprint density at radius 3 is 2.56 bits per heavy atom. The van der Waals surface area contributed by atoms with Crippen LogP contribution in [0.2, 0.25) is 0 Å². The molecule has 1 saturated carbocycles. The average Bonchev–Trinajstić information content (AvgIpc) is 2.72. The minimum absolute atomic E-state index is 0. The highest BCUT2D eigenvalue weighted by Crippen LogP contribution is 2.28. The van der Waals surface area contributed by atoms with Gasteiger partial charge in [-0.2, -0.15) is 0 Å². The molecular formula is C13H18ClFN2O. The van der Waals surface area contributed by atoms with Crippen molar-refractivity contribution >= 4 is 24.0 Å². The molecule has 3 N–H and O–H groups in total. The van der Waals surface area contributed by atoms with Crippen LogP contribution < -0.4 is 11.1 Å². The second-order valence-electron chi connectivity index (χ2n) is 4.78. The van der Waals surface area contributed by atoms with Gasteiger partial charge in [-0.3, -0.25) is 4.79 Å². The van der Waals surface area contributed by atoms with Crippen LogP contribution in [0.25, 0.3) is 0 Å². The number of rotatable bonds is 2. The molecule has 1 amide bonds. The SMILES string of the molecule is Cc1cc(NC(=O)C2(N)CCCC2)ccc1F.Cl. The molecule has 1 aliphatic rings. The molecule has 1 aromatic rings. The van der Waals surface area contributed by atoms with Crippen molar-refractivity contribution in [3.8, 4) is 0 Å². The van der Waals surface area contributed by atoms with E-state index < -0.39 is 5.54 Å². The van der Waals surface area contributed by atoms with Gasteiger partial charge >= 0.3 is 0 Å². The van der Waals surface area contributed by atoms with Crippen LogP contribution in [0.5, 0.6) is 0 Å². The molecule has 0 radical (unpaired) electrons. The minimum Gasteiger partial charge on any atom is -0.324 e. The smallest absolute Gasteiger partial charge is 0.244 e. The molecule has 0 bridgehead atoms. The molecule has 2 rings (SSSR count). The lowest BCUT2D eigenvalue weighted by Crippen LogP contribution is -2.48. The lowest BCUT2D eigenvalue weighted by atomic mass is 9.98. The van der Waals surface area contributed by atoms with Crippen molar-refractivity contribution in [2.75, 3.05) is 5.32 Å². The molecule has 0 saturated heterocycles. The zero-order valence-corrected chi connectivity index (χ0v) is 11.1. The van der Waals surface area contributed by atoms with Gasteiger partial charge in [0.25, 0.3) is 0 Å². The van der Waals surface area contributed by atoms with E-state index in [2.05, 4.69) is 5.32 Å². The summed E-state index contributed by atoms with van der Waals surface area (Å²) in [5, 5.41) is 2.76. The number of hydrogen-bond acceptors (Lipinski definition) is 2. The Hall–Kier alpha value is -1.13. The molecule has 0 unspecified atom stereocenters. The molecule has 0 aromatic heterocycles. The number of nitrogens with one attached hydrogen (secondary N) is 1. The van der Waals surface area contributed by atoms with E-state index in [0.29, 0.717) is 11.3 Å². The van der Waals surface area contributed by atoms with Crippen molar-refractivity contribution in [1.82, 2.24) is 0 Å². The highest BCUT2D eigenvalue weighted by atomic mass is 35.5. The van der Waals surface area contributed by atoms with Crippen molar-refractivity contribution in [1.29, 1.82) is 0 Å². The number of halogens is 2. The Bertz CT molecular complexity index is 445. The first-order chi connectivity index (χ1) is 8.01. The summed E-state index contributed by atoms with van der Waals surface area (Å²) in [4.78, 5) is 12.0. The molecule has 1 fully saturated rings. The second-order valence-corrected chi connectivity index (χ2v) is 4.78. The maximum Gasteiger partial charge on any atom is 0.244 e. The van der Waals surface area contributed by atoms with E-state index in [1.54, 1.807) is 19.1 Å². The maximum absolute atomic E-state index is 13.1. The number of amides is 1. The molecule has 0 heterocycles. The average molecular weight is 273 g/mol. The van der Waals surface area contributed by atoms with Gasteiger partial charge in [-0.15, -0.1) is 12.4 Å². The molecule has 3 nitrogen and oxygen atoms in total. The van der Waals surface area contributed by atoms with Crippen LogP contribution in [-0.2, 0) is 4.79 Å². The van der Waals surface area contributed by atoms with Crippen molar-refractivity contribution < 1.29 is 9.18 Å². The van der Waals surface area contributed by atoms with Gasteiger partial charge in [0.2, 0.25) is 5.91 Å². The van der Waals surface area contributed by atoms with E-state index in [-0.39, 0.29) is 24.1 Å². The summed E-state index contributed by atoms with van der Waals surface area (Å²) in [6, 6.07) is 4.52. The summed E-state index contributed by atoms with van der Waals surface area (Å²) in [7, 11) is 0. The van der Waals surface area contributed by atoms with Gasteiger partial charge in [-0.05, 0) is 43.5 Å². The van der Waals surface area contributed by atoms with Gasteiger partial charge in [0, 0.05) is 5.69 Å². The number of benzene rings is 1. The molecule has 0 aliphatic heterocycles. The van der Waals surface area contributed by atoms with Gasteiger partial charge < -0.3 is 11.1 Å². The van der Waals surface area contributed by atoms with Gasteiger partial charge in [-0.1, -0.05) is 12.8 Å². The van der Waals surface area contributed by atoms with Crippen LogP contribution in [0.1, 0.15) is 31.2 Å². The molecule has 100 valence electrons. The number of hydrogen-bond donors (Lipinski definition) is 2. The Morgan fingerprint density at radius 2 is 2.00 bits per heavy atom. The van der Waals surface area contributed by atoms with Gasteiger partial charge in [0.15, 0.2) is 0 Å². The normalized spacial score (nSPS) is 17.1. The lowest BCUT2D eigenvalue weighted by molar-refractivity contribution is -0.121. The number of nitrogens with two attached hydrogens (primary N) is 1. The Labute approximate surface area is 112 Å². The predicted octanol–water partition coefficient (Wildman–Crippen LogP) is 2.77. The summed E-state index contributed by atoms with van der Waals surface area (Å²) in [6.45, 7) is 1.67. The van der Waals surface area contributed by atoms with Crippen molar-refractivity contribution in [2.24, 2.45) is 5.73 Å². The van der Waals surface area contributed by atoms with Crippen molar-refractivity contribution in [3.63, 3.8) is 0 Å². The standard InChI is InChI=1S/C13H17FN2O.ClH/c1-9-8-10(4-5-11(9)14)16-12(17)13(15)6-2-3-7-13;/h4-5,8H,2-3,6-7,15H2,1H3,(H,16,17);1H. The van der Waals surface area contributed by atoms with Crippen LogP contribution in [-0.4, -0.2) is 11.4 Å². The predicted molar refractivity (Wildman–Crippen MR) is 72.4 cm³/mol. The molecule has 18 heavy (non-hydrogen) atoms. The highest BCUT2D eigenvalue weighted by molar-refractivity contribution is 5.98. The number of carbonyl (C=O) groups is 1. The third kappa shape index (κ3) is 3.00. The molecular weight excluding hydrogens is 255 g/mol. The number of carbonyl (C=O) groups excluding carboxylic acids is 1. The molecule has 5 heteroatoms. The number of anilines is 1. The monoisotopic (exact) mass is 272 g/mol. The Morgan fingerprint density at radius 1 is 1.39 bits per heavy atom. The molecule has 1 aliphatic carbocycles. The second kappa shape index (κ2) is 5.67. The van der Waals surface area contributed by atoms with Crippen LogP contribution >= 0.6 is 12.4 Å². The van der Waals surface area contributed by atoms with E-state index in [1.165, 1.54) is 6.07 Å². The first-order valence-corrected chi connectivity index (χ1v) is 5.88. The quantitative estimate of drug-likeness (QED) is 0.870. The van der Waals surface area contributed by atoms with E-state index in [9.17, 15) is 9.18 Å². The van der Waals surface area contributed by atoms with Gasteiger partial charge in [0.1, 0.15) is 5.82 Å². The zero-order valence-electron chi connectivity index (χ0n) is 10.3. The number of aryl methyl sites for hydroxylation is 1. The summed E-state index contributed by atoms with van der Waals surface area (Å²) in [5.41, 5.74) is 6.40. The topological polar surface area (TPSA) is 55.1 Å². The first-order valence-electron chi connectivity index (χ1n) is 5.88. The van der Waals surface area contributed by atoms with E-state index in [4.69, 9.17) is 5.73 Å². The third-order valence-electron chi connectivity index (χ3n) is 3.36. The van der Waals surface area contributed by atoms with Gasteiger partial charge in [0.05, 0.1) is 5.54 Å². The lowest BCUT2D eigenvalue weighted by Gasteiger charge is -2.22. The fraction of sp³-hybridized carbons (Fsp3) is 0.462. The summed E-state index contributed by atoms with van der Waals surface area (Å²) in [6.07, 6.45) is 3.43. The van der Waals surface area contributed by atoms with Gasteiger partial charge in [-0.25, -0.2) is 4.39 Å². The van der Waals surface area contributed by atoms with Crippen molar-refractivity contribution in [2.45, 2.75) is 38.1 Å². The van der Waals surface area contributed by atoms with Crippen LogP contribution in [0.15, 0.2) is 18.2 Å². The van der Waals surface area contributed by atoms with Crippen LogP contribution in [0, 0.1) is 12.7 Å². The summed E-state index contributed by atoms with van der Waals surface area (Å²) in [5.74, 6) is -0.438. The van der Waals surface area contributed by atoms with E-state index in [1.807, 2.05) is 0 Å². The van der Waals surface area contributed by atoms with Crippen molar-refractivity contribution in [3.05, 3.63) is 29.6 Å². The molecule has 1 aromatic carbocycles. The van der Waals surface area contributed by atoms with E-state index >= 15 is 0 Å². The fourth-order valence-corrected chi connectivity index (χ4v) is 2.21. The molecule has 0 spiro atoms. The largest absolute Gasteiger partial charge is 0.324 e. The maximum atomic E-state index is 13.1.